The molecule has 0 radical (unpaired) electrons. The van der Waals surface area contributed by atoms with Gasteiger partial charge in [0, 0.05) is 12.5 Å². The largest absolute Gasteiger partial charge is 0.391 e. The third kappa shape index (κ3) is 2.00. The Kier molecular flexibility index (Phi) is 2.53. The lowest BCUT2D eigenvalue weighted by Gasteiger charge is -2.44. The van der Waals surface area contributed by atoms with Gasteiger partial charge >= 0.3 is 0 Å². The van der Waals surface area contributed by atoms with Crippen molar-refractivity contribution in [3.63, 3.8) is 0 Å². The molecule has 0 amide bonds. The normalized spacial score (nSPS) is 31.0. The number of nitrogens with one attached hydrogen (secondary N) is 1. The van der Waals surface area contributed by atoms with Crippen molar-refractivity contribution < 1.29 is 5.11 Å². The lowest BCUT2D eigenvalue weighted by atomic mass is 9.68. The van der Waals surface area contributed by atoms with Crippen LogP contribution in [0.1, 0.15) is 43.9 Å². The zero-order chi connectivity index (χ0) is 12.0. The Labute approximate surface area is 103 Å². The molecule has 2 atom stereocenters. The van der Waals surface area contributed by atoms with Gasteiger partial charge in [0.2, 0.25) is 0 Å². The number of aliphatic hydroxyl groups excluding tert-OH is 1. The monoisotopic (exact) mass is 231 g/mol. The zero-order valence-electron chi connectivity index (χ0n) is 10.6. The van der Waals surface area contributed by atoms with Gasteiger partial charge in [0.1, 0.15) is 0 Å². The Morgan fingerprint density at radius 2 is 1.94 bits per heavy atom. The third-order valence-electron chi connectivity index (χ3n) is 4.22. The first kappa shape index (κ1) is 11.2. The van der Waals surface area contributed by atoms with Gasteiger partial charge in [0.15, 0.2) is 0 Å². The van der Waals surface area contributed by atoms with E-state index >= 15 is 0 Å². The summed E-state index contributed by atoms with van der Waals surface area (Å²) in [5.74, 6) is 0. The number of rotatable bonds is 2. The van der Waals surface area contributed by atoms with Crippen LogP contribution in [0.2, 0.25) is 0 Å². The van der Waals surface area contributed by atoms with Gasteiger partial charge in [-0.3, -0.25) is 0 Å². The fourth-order valence-electron chi connectivity index (χ4n) is 3.42. The second-order valence-corrected chi connectivity index (χ2v) is 6.38. The first-order valence-electron chi connectivity index (χ1n) is 6.57. The van der Waals surface area contributed by atoms with Crippen molar-refractivity contribution >= 4 is 0 Å². The summed E-state index contributed by atoms with van der Waals surface area (Å²) in [7, 11) is 0. The summed E-state index contributed by atoms with van der Waals surface area (Å²) >= 11 is 0. The lowest BCUT2D eigenvalue weighted by Crippen LogP contribution is -2.48. The third-order valence-corrected chi connectivity index (χ3v) is 4.22. The highest BCUT2D eigenvalue weighted by molar-refractivity contribution is 5.36. The molecule has 1 fully saturated rings. The molecule has 0 aliphatic heterocycles. The quantitative estimate of drug-likeness (QED) is 0.819. The Balaban J connectivity index is 1.72. The van der Waals surface area contributed by atoms with Gasteiger partial charge in [-0.05, 0) is 29.4 Å². The van der Waals surface area contributed by atoms with Crippen molar-refractivity contribution in [2.75, 3.05) is 0 Å². The second-order valence-electron chi connectivity index (χ2n) is 6.38. The van der Waals surface area contributed by atoms with Crippen LogP contribution in [0.15, 0.2) is 24.3 Å². The molecule has 1 saturated carbocycles. The summed E-state index contributed by atoms with van der Waals surface area (Å²) in [5.41, 5.74) is 3.08. The molecule has 0 aromatic heterocycles. The molecule has 1 aromatic rings. The van der Waals surface area contributed by atoms with E-state index < -0.39 is 0 Å². The standard InChI is InChI=1S/C15H21NO/c1-15(2)8-11(9-15)16-14-12-6-4-3-5-10(12)7-13(14)17/h3-6,11,13-14,16-17H,7-9H2,1-2H3. The maximum absolute atomic E-state index is 10.1. The van der Waals surface area contributed by atoms with Crippen LogP contribution in [0, 0.1) is 5.41 Å². The zero-order valence-corrected chi connectivity index (χ0v) is 10.6. The second kappa shape index (κ2) is 3.82. The fourth-order valence-corrected chi connectivity index (χ4v) is 3.42. The molecular formula is C15H21NO. The van der Waals surface area contributed by atoms with Crippen molar-refractivity contribution in [2.45, 2.75) is 51.3 Å². The van der Waals surface area contributed by atoms with Gasteiger partial charge < -0.3 is 10.4 Å². The SMILES string of the molecule is CC1(C)CC(NC2c3ccccc3CC2O)C1. The molecule has 2 aliphatic rings. The Bertz CT molecular complexity index is 419. The maximum atomic E-state index is 10.1. The minimum absolute atomic E-state index is 0.146. The molecule has 3 rings (SSSR count). The average molecular weight is 231 g/mol. The Morgan fingerprint density at radius 3 is 2.65 bits per heavy atom. The number of hydrogen-bond donors (Lipinski definition) is 2. The number of aliphatic hydroxyl groups is 1. The molecule has 0 saturated heterocycles. The van der Waals surface area contributed by atoms with Crippen molar-refractivity contribution in [1.29, 1.82) is 0 Å². The first-order chi connectivity index (χ1) is 8.05. The molecule has 92 valence electrons. The fraction of sp³-hybridized carbons (Fsp3) is 0.600. The highest BCUT2D eigenvalue weighted by atomic mass is 16.3. The molecule has 1 aromatic carbocycles. The van der Waals surface area contributed by atoms with E-state index in [-0.39, 0.29) is 12.1 Å². The van der Waals surface area contributed by atoms with E-state index in [0.29, 0.717) is 11.5 Å². The van der Waals surface area contributed by atoms with Crippen LogP contribution in [0.5, 0.6) is 0 Å². The molecule has 0 bridgehead atoms. The summed E-state index contributed by atoms with van der Waals surface area (Å²) < 4.78 is 0. The van der Waals surface area contributed by atoms with E-state index in [1.807, 2.05) is 0 Å². The molecule has 2 heteroatoms. The van der Waals surface area contributed by atoms with Gasteiger partial charge in [-0.1, -0.05) is 38.1 Å². The van der Waals surface area contributed by atoms with Crippen molar-refractivity contribution in [3.8, 4) is 0 Å². The van der Waals surface area contributed by atoms with Gasteiger partial charge in [-0.15, -0.1) is 0 Å². The first-order valence-corrected chi connectivity index (χ1v) is 6.57. The van der Waals surface area contributed by atoms with Gasteiger partial charge in [-0.2, -0.15) is 0 Å². The van der Waals surface area contributed by atoms with Crippen LogP contribution in [0.4, 0.5) is 0 Å². The lowest BCUT2D eigenvalue weighted by molar-refractivity contribution is 0.0787. The van der Waals surface area contributed by atoms with Crippen LogP contribution in [0.3, 0.4) is 0 Å². The molecule has 2 N–H and O–H groups in total. The highest BCUT2D eigenvalue weighted by Gasteiger charge is 2.40. The van der Waals surface area contributed by atoms with Crippen molar-refractivity contribution in [3.05, 3.63) is 35.4 Å². The van der Waals surface area contributed by atoms with E-state index in [1.165, 1.54) is 24.0 Å². The molecular weight excluding hydrogens is 210 g/mol. The van der Waals surface area contributed by atoms with Crippen molar-refractivity contribution in [2.24, 2.45) is 5.41 Å². The summed E-state index contributed by atoms with van der Waals surface area (Å²) in [6.45, 7) is 4.62. The molecule has 2 nitrogen and oxygen atoms in total. The predicted octanol–water partition coefficient (Wildman–Crippen LogP) is 2.42. The minimum atomic E-state index is -0.254. The smallest absolute Gasteiger partial charge is 0.0775 e. The van der Waals surface area contributed by atoms with Crippen LogP contribution in [-0.4, -0.2) is 17.3 Å². The molecule has 2 aliphatic carbocycles. The van der Waals surface area contributed by atoms with E-state index in [4.69, 9.17) is 0 Å². The topological polar surface area (TPSA) is 32.3 Å². The van der Waals surface area contributed by atoms with E-state index in [2.05, 4.69) is 43.4 Å². The van der Waals surface area contributed by atoms with Gasteiger partial charge in [0.05, 0.1) is 12.1 Å². The van der Waals surface area contributed by atoms with E-state index in [1.54, 1.807) is 0 Å². The van der Waals surface area contributed by atoms with E-state index in [9.17, 15) is 5.11 Å². The Hall–Kier alpha value is -0.860. The molecule has 0 heterocycles. The predicted molar refractivity (Wildman–Crippen MR) is 68.8 cm³/mol. The van der Waals surface area contributed by atoms with Crippen LogP contribution < -0.4 is 5.32 Å². The van der Waals surface area contributed by atoms with Gasteiger partial charge in [-0.25, -0.2) is 0 Å². The minimum Gasteiger partial charge on any atom is -0.391 e. The van der Waals surface area contributed by atoms with Crippen molar-refractivity contribution in [1.82, 2.24) is 5.32 Å². The summed E-state index contributed by atoms with van der Waals surface area (Å²) in [6, 6.07) is 9.12. The van der Waals surface area contributed by atoms with Crippen LogP contribution in [0.25, 0.3) is 0 Å². The molecule has 17 heavy (non-hydrogen) atoms. The average Bonchev–Trinajstić information content (AvgIpc) is 2.53. The van der Waals surface area contributed by atoms with Gasteiger partial charge in [0.25, 0.3) is 0 Å². The molecule has 0 spiro atoms. The van der Waals surface area contributed by atoms with E-state index in [0.717, 1.165) is 6.42 Å². The maximum Gasteiger partial charge on any atom is 0.0775 e. The highest BCUT2D eigenvalue weighted by Crippen LogP contribution is 2.42. The molecule has 2 unspecified atom stereocenters. The number of hydrogen-bond acceptors (Lipinski definition) is 2. The summed E-state index contributed by atoms with van der Waals surface area (Å²) in [4.78, 5) is 0. The summed E-state index contributed by atoms with van der Waals surface area (Å²) in [6.07, 6.45) is 2.98. The number of benzene rings is 1. The Morgan fingerprint density at radius 1 is 1.24 bits per heavy atom. The van der Waals surface area contributed by atoms with Crippen LogP contribution >= 0.6 is 0 Å². The van der Waals surface area contributed by atoms with Crippen LogP contribution in [-0.2, 0) is 6.42 Å². The summed E-state index contributed by atoms with van der Waals surface area (Å²) in [5, 5.41) is 13.8. The number of fused-ring (bicyclic) bond motifs is 1.